The van der Waals surface area contributed by atoms with Gasteiger partial charge in [0.15, 0.2) is 0 Å². The molecular weight excluding hydrogens is 480 g/mol. The predicted molar refractivity (Wildman–Crippen MR) is 160 cm³/mol. The molecule has 0 atom stereocenters. The molecule has 4 aromatic carbocycles. The van der Waals surface area contributed by atoms with Gasteiger partial charge in [-0.2, -0.15) is 0 Å². The topological polar surface area (TPSA) is 44.1 Å². The zero-order valence-electron chi connectivity index (χ0n) is 21.7. The second-order valence-corrected chi connectivity index (χ2v) is 9.45. The summed E-state index contributed by atoms with van der Waals surface area (Å²) in [6.45, 7) is 2.78. The Labute approximate surface area is 227 Å². The van der Waals surface area contributed by atoms with E-state index >= 15 is 0 Å². The van der Waals surface area contributed by atoms with E-state index in [4.69, 9.17) is 9.72 Å². The first kappa shape index (κ1) is 24.4. The lowest BCUT2D eigenvalue weighted by molar-refractivity contribution is 0.0525. The summed E-state index contributed by atoms with van der Waals surface area (Å²) in [5, 5.41) is 2.29. The van der Waals surface area contributed by atoms with Gasteiger partial charge in [0.1, 0.15) is 0 Å². The van der Waals surface area contributed by atoms with Gasteiger partial charge in [-0.3, -0.25) is 0 Å². The Kier molecular flexibility index (Phi) is 6.75. The van der Waals surface area contributed by atoms with Gasteiger partial charge >= 0.3 is 5.97 Å². The molecule has 39 heavy (non-hydrogen) atoms. The number of fused-ring (bicyclic) bond motifs is 2. The molecule has 0 bridgehead atoms. The molecular formula is C35H28N2O2. The van der Waals surface area contributed by atoms with E-state index in [0.717, 1.165) is 49.8 Å². The molecule has 0 saturated heterocycles. The maximum atomic E-state index is 12.4. The number of carbonyl (C=O) groups is 1. The highest BCUT2D eigenvalue weighted by Crippen LogP contribution is 2.27. The van der Waals surface area contributed by atoms with Crippen LogP contribution in [0, 0.1) is 0 Å². The van der Waals surface area contributed by atoms with Gasteiger partial charge in [-0.1, -0.05) is 84.9 Å². The minimum absolute atomic E-state index is 0.281. The molecule has 6 aromatic rings. The molecule has 0 aliphatic carbocycles. The molecule has 190 valence electrons. The summed E-state index contributed by atoms with van der Waals surface area (Å²) in [6.07, 6.45) is 6.37. The summed E-state index contributed by atoms with van der Waals surface area (Å²) >= 11 is 0. The first-order valence-corrected chi connectivity index (χ1v) is 13.2. The molecule has 4 nitrogen and oxygen atoms in total. The molecule has 0 saturated carbocycles. The Morgan fingerprint density at radius 2 is 1.64 bits per heavy atom. The first-order valence-electron chi connectivity index (χ1n) is 13.2. The number of carbonyl (C=O) groups excluding carboxylic acids is 1. The number of aromatic nitrogens is 2. The summed E-state index contributed by atoms with van der Waals surface area (Å²) in [7, 11) is 0. The van der Waals surface area contributed by atoms with E-state index < -0.39 is 0 Å². The van der Waals surface area contributed by atoms with Crippen LogP contribution in [-0.4, -0.2) is 22.1 Å². The number of benzene rings is 4. The molecule has 0 amide bonds. The second-order valence-electron chi connectivity index (χ2n) is 9.45. The Morgan fingerprint density at radius 3 is 2.56 bits per heavy atom. The number of esters is 1. The first-order chi connectivity index (χ1) is 19.2. The van der Waals surface area contributed by atoms with E-state index in [1.165, 1.54) is 0 Å². The van der Waals surface area contributed by atoms with E-state index in [9.17, 15) is 4.79 Å². The van der Waals surface area contributed by atoms with Gasteiger partial charge in [-0.15, -0.1) is 0 Å². The summed E-state index contributed by atoms with van der Waals surface area (Å²) in [5.41, 5.74) is 7.97. The molecule has 6 rings (SSSR count). The molecule has 2 aromatic heterocycles. The van der Waals surface area contributed by atoms with Crippen molar-refractivity contribution in [3.8, 4) is 11.3 Å². The van der Waals surface area contributed by atoms with Gasteiger partial charge < -0.3 is 9.30 Å². The zero-order chi connectivity index (χ0) is 26.6. The van der Waals surface area contributed by atoms with Crippen LogP contribution in [0.4, 0.5) is 0 Å². The summed E-state index contributed by atoms with van der Waals surface area (Å²) in [6, 6.07) is 37.0. The van der Waals surface area contributed by atoms with Gasteiger partial charge in [-0.05, 0) is 60.0 Å². The largest absolute Gasteiger partial charge is 0.462 e. The van der Waals surface area contributed by atoms with E-state index in [2.05, 4.69) is 89.6 Å². The van der Waals surface area contributed by atoms with Crippen molar-refractivity contribution in [3.05, 3.63) is 138 Å². The van der Waals surface area contributed by atoms with Crippen molar-refractivity contribution < 1.29 is 9.53 Å². The second kappa shape index (κ2) is 10.8. The van der Waals surface area contributed by atoms with Crippen LogP contribution in [0.1, 0.15) is 34.0 Å². The SMILES string of the molecule is CCOC(=O)c1ccccc1Cn1ccc2cc(/C=C\c3ccccc3-c3ccc4ccccc4n3)ccc21. The van der Waals surface area contributed by atoms with Crippen LogP contribution in [0.15, 0.2) is 115 Å². The van der Waals surface area contributed by atoms with Crippen LogP contribution in [0.5, 0.6) is 0 Å². The normalized spacial score (nSPS) is 11.4. The number of ether oxygens (including phenoxy) is 1. The lowest BCUT2D eigenvalue weighted by Crippen LogP contribution is -2.10. The highest BCUT2D eigenvalue weighted by Gasteiger charge is 2.13. The van der Waals surface area contributed by atoms with Crippen LogP contribution >= 0.6 is 0 Å². The minimum atomic E-state index is -0.281. The number of hydrogen-bond donors (Lipinski definition) is 0. The third-order valence-corrected chi connectivity index (χ3v) is 6.94. The molecule has 2 heterocycles. The molecule has 0 aliphatic heterocycles. The molecule has 0 aliphatic rings. The minimum Gasteiger partial charge on any atom is -0.462 e. The highest BCUT2D eigenvalue weighted by atomic mass is 16.5. The van der Waals surface area contributed by atoms with Crippen molar-refractivity contribution in [2.75, 3.05) is 6.61 Å². The van der Waals surface area contributed by atoms with Crippen LogP contribution in [0.3, 0.4) is 0 Å². The third kappa shape index (κ3) is 5.10. The molecule has 0 spiro atoms. The van der Waals surface area contributed by atoms with Gasteiger partial charge in [-0.25, -0.2) is 9.78 Å². The number of pyridine rings is 1. The number of rotatable bonds is 7. The molecule has 0 fully saturated rings. The molecule has 4 heteroatoms. The van der Waals surface area contributed by atoms with Gasteiger partial charge in [0.2, 0.25) is 0 Å². The molecule has 0 unspecified atom stereocenters. The molecule has 0 N–H and O–H groups in total. The van der Waals surface area contributed by atoms with Crippen molar-refractivity contribution >= 4 is 39.9 Å². The standard InChI is InChI=1S/C35H28N2O2/c1-2-39-35(38)31-13-7-4-11-29(31)24-37-22-21-28-23-25(16-20-34(28)37)15-17-26-9-3-6-12-30(26)33-19-18-27-10-5-8-14-32(27)36-33/h3-23H,2,24H2,1H3/b17-15-. The van der Waals surface area contributed by atoms with E-state index in [0.29, 0.717) is 18.7 Å². The summed E-state index contributed by atoms with van der Waals surface area (Å²) in [5.74, 6) is -0.281. The third-order valence-electron chi connectivity index (χ3n) is 6.94. The van der Waals surface area contributed by atoms with Crippen LogP contribution < -0.4 is 0 Å². The maximum absolute atomic E-state index is 12.4. The van der Waals surface area contributed by atoms with Crippen LogP contribution in [-0.2, 0) is 11.3 Å². The van der Waals surface area contributed by atoms with Crippen molar-refractivity contribution in [3.63, 3.8) is 0 Å². The number of para-hydroxylation sites is 1. The van der Waals surface area contributed by atoms with Crippen molar-refractivity contribution in [1.82, 2.24) is 9.55 Å². The fourth-order valence-corrected chi connectivity index (χ4v) is 4.99. The fraction of sp³-hybridized carbons (Fsp3) is 0.0857. The highest BCUT2D eigenvalue weighted by molar-refractivity contribution is 5.91. The Morgan fingerprint density at radius 1 is 0.821 bits per heavy atom. The summed E-state index contributed by atoms with van der Waals surface area (Å²) < 4.78 is 7.42. The average Bonchev–Trinajstić information content (AvgIpc) is 3.38. The van der Waals surface area contributed by atoms with E-state index in [1.54, 1.807) is 0 Å². The van der Waals surface area contributed by atoms with Crippen LogP contribution in [0.25, 0.3) is 45.2 Å². The number of hydrogen-bond acceptors (Lipinski definition) is 3. The van der Waals surface area contributed by atoms with Crippen LogP contribution in [0.2, 0.25) is 0 Å². The Balaban J connectivity index is 1.27. The number of nitrogens with zero attached hydrogens (tertiary/aromatic N) is 2. The van der Waals surface area contributed by atoms with Gasteiger partial charge in [0.05, 0.1) is 23.4 Å². The smallest absolute Gasteiger partial charge is 0.338 e. The quantitative estimate of drug-likeness (QED) is 0.161. The zero-order valence-corrected chi connectivity index (χ0v) is 21.7. The van der Waals surface area contributed by atoms with E-state index in [1.807, 2.05) is 49.4 Å². The fourth-order valence-electron chi connectivity index (χ4n) is 4.99. The lowest BCUT2D eigenvalue weighted by atomic mass is 10.0. The van der Waals surface area contributed by atoms with Crippen molar-refractivity contribution in [1.29, 1.82) is 0 Å². The van der Waals surface area contributed by atoms with Gasteiger partial charge in [0, 0.05) is 34.6 Å². The van der Waals surface area contributed by atoms with Crippen molar-refractivity contribution in [2.24, 2.45) is 0 Å². The Hall–Kier alpha value is -4.96. The van der Waals surface area contributed by atoms with Gasteiger partial charge in [0.25, 0.3) is 0 Å². The lowest BCUT2D eigenvalue weighted by Gasteiger charge is -2.11. The molecule has 0 radical (unpaired) electrons. The Bertz CT molecular complexity index is 1830. The summed E-state index contributed by atoms with van der Waals surface area (Å²) in [4.78, 5) is 17.3. The van der Waals surface area contributed by atoms with E-state index in [-0.39, 0.29) is 5.97 Å². The van der Waals surface area contributed by atoms with Crippen molar-refractivity contribution in [2.45, 2.75) is 13.5 Å². The predicted octanol–water partition coefficient (Wildman–Crippen LogP) is 8.25. The monoisotopic (exact) mass is 508 g/mol. The maximum Gasteiger partial charge on any atom is 0.338 e. The average molecular weight is 509 g/mol.